The molecule has 0 amide bonds. The van der Waals surface area contributed by atoms with Crippen molar-refractivity contribution < 1.29 is 14.3 Å². The van der Waals surface area contributed by atoms with E-state index in [1.54, 1.807) is 26.0 Å². The van der Waals surface area contributed by atoms with Crippen molar-refractivity contribution in [3.8, 4) is 11.8 Å². The van der Waals surface area contributed by atoms with Gasteiger partial charge >= 0.3 is 5.97 Å². The standard InChI is InChI=1S/C21H20O3/c1-3-24-21(23)20-14-10-18(11-15-20)7-5-4-6-17-8-12-19(13-9-17)16(2)22/h8-15H,3-4,6H2,1-2H3. The maximum atomic E-state index is 11.6. The molecule has 0 bridgehead atoms. The third-order valence-electron chi connectivity index (χ3n) is 3.53. The van der Waals surface area contributed by atoms with Crippen LogP contribution < -0.4 is 0 Å². The lowest BCUT2D eigenvalue weighted by molar-refractivity contribution is 0.0526. The summed E-state index contributed by atoms with van der Waals surface area (Å²) >= 11 is 0. The third kappa shape index (κ3) is 5.10. The number of benzene rings is 2. The Balaban J connectivity index is 1.89. The summed E-state index contributed by atoms with van der Waals surface area (Å²) in [5.74, 6) is 5.98. The van der Waals surface area contributed by atoms with Gasteiger partial charge < -0.3 is 4.74 Å². The van der Waals surface area contributed by atoms with Crippen LogP contribution in [-0.4, -0.2) is 18.4 Å². The number of ether oxygens (including phenoxy) is 1. The molecule has 0 saturated carbocycles. The van der Waals surface area contributed by atoms with Crippen LogP contribution in [-0.2, 0) is 11.2 Å². The van der Waals surface area contributed by atoms with E-state index in [0.29, 0.717) is 12.2 Å². The van der Waals surface area contributed by atoms with Crippen molar-refractivity contribution in [1.82, 2.24) is 0 Å². The summed E-state index contributed by atoms with van der Waals surface area (Å²) in [4.78, 5) is 22.8. The minimum atomic E-state index is -0.314. The SMILES string of the molecule is CCOC(=O)c1ccc(C#CCCc2ccc(C(C)=O)cc2)cc1. The van der Waals surface area contributed by atoms with Crippen molar-refractivity contribution in [2.75, 3.05) is 6.61 Å². The number of ketones is 1. The monoisotopic (exact) mass is 320 g/mol. The minimum absolute atomic E-state index is 0.0765. The Hall–Kier alpha value is -2.86. The highest BCUT2D eigenvalue weighted by molar-refractivity contribution is 5.94. The fourth-order valence-corrected chi connectivity index (χ4v) is 2.18. The second-order valence-electron chi connectivity index (χ2n) is 5.35. The molecule has 0 aliphatic rings. The van der Waals surface area contributed by atoms with Gasteiger partial charge in [0.25, 0.3) is 0 Å². The number of rotatable bonds is 5. The van der Waals surface area contributed by atoms with Crippen molar-refractivity contribution in [2.45, 2.75) is 26.7 Å². The molecule has 0 radical (unpaired) electrons. The quantitative estimate of drug-likeness (QED) is 0.474. The summed E-state index contributed by atoms with van der Waals surface area (Å²) in [6.45, 7) is 3.72. The zero-order valence-corrected chi connectivity index (χ0v) is 14.0. The van der Waals surface area contributed by atoms with Crippen LogP contribution in [0, 0.1) is 11.8 Å². The first-order valence-electron chi connectivity index (χ1n) is 7.96. The van der Waals surface area contributed by atoms with Crippen LogP contribution in [0.3, 0.4) is 0 Å². The number of hydrogen-bond acceptors (Lipinski definition) is 3. The lowest BCUT2D eigenvalue weighted by Crippen LogP contribution is -2.04. The molecule has 3 heteroatoms. The van der Waals surface area contributed by atoms with E-state index in [9.17, 15) is 9.59 Å². The number of aryl methyl sites for hydroxylation is 1. The highest BCUT2D eigenvalue weighted by Gasteiger charge is 2.04. The van der Waals surface area contributed by atoms with Crippen LogP contribution in [0.5, 0.6) is 0 Å². The Morgan fingerprint density at radius 2 is 1.58 bits per heavy atom. The maximum Gasteiger partial charge on any atom is 0.338 e. The molecule has 0 atom stereocenters. The van der Waals surface area contributed by atoms with E-state index < -0.39 is 0 Å². The number of hydrogen-bond donors (Lipinski definition) is 0. The van der Waals surface area contributed by atoms with Crippen LogP contribution >= 0.6 is 0 Å². The average molecular weight is 320 g/mol. The van der Waals surface area contributed by atoms with Crippen molar-refractivity contribution in [3.05, 3.63) is 70.8 Å². The Labute approximate surface area is 142 Å². The number of carbonyl (C=O) groups is 2. The van der Waals surface area contributed by atoms with E-state index >= 15 is 0 Å². The highest BCUT2D eigenvalue weighted by Crippen LogP contribution is 2.08. The molecule has 0 unspecified atom stereocenters. The van der Waals surface area contributed by atoms with Gasteiger partial charge in [0.15, 0.2) is 5.78 Å². The van der Waals surface area contributed by atoms with Crippen molar-refractivity contribution in [2.24, 2.45) is 0 Å². The first-order valence-corrected chi connectivity index (χ1v) is 7.96. The van der Waals surface area contributed by atoms with Crippen LogP contribution in [0.2, 0.25) is 0 Å². The molecule has 0 fully saturated rings. The smallest absolute Gasteiger partial charge is 0.338 e. The van der Waals surface area contributed by atoms with E-state index in [1.807, 2.05) is 36.4 Å². The van der Waals surface area contributed by atoms with Gasteiger partial charge in [-0.05, 0) is 50.1 Å². The second-order valence-corrected chi connectivity index (χ2v) is 5.35. The molecule has 0 aromatic heterocycles. The van der Waals surface area contributed by atoms with Gasteiger partial charge in [-0.25, -0.2) is 4.79 Å². The third-order valence-corrected chi connectivity index (χ3v) is 3.53. The molecule has 0 aliphatic heterocycles. The Morgan fingerprint density at radius 1 is 0.958 bits per heavy atom. The van der Waals surface area contributed by atoms with Crippen molar-refractivity contribution >= 4 is 11.8 Å². The molecule has 2 aromatic rings. The zero-order valence-electron chi connectivity index (χ0n) is 14.0. The summed E-state index contributed by atoms with van der Waals surface area (Å²) in [5.41, 5.74) is 3.29. The predicted octanol–water partition coefficient (Wildman–Crippen LogP) is 4.05. The van der Waals surface area contributed by atoms with Gasteiger partial charge in [0.05, 0.1) is 12.2 Å². The summed E-state index contributed by atoms with van der Waals surface area (Å²) in [6, 6.07) is 14.7. The molecule has 3 nitrogen and oxygen atoms in total. The van der Waals surface area contributed by atoms with E-state index in [0.717, 1.165) is 29.5 Å². The molecule has 0 spiro atoms. The van der Waals surface area contributed by atoms with Crippen molar-refractivity contribution in [3.63, 3.8) is 0 Å². The van der Waals surface area contributed by atoms with Crippen LogP contribution in [0.4, 0.5) is 0 Å². The molecular weight excluding hydrogens is 300 g/mol. The molecule has 122 valence electrons. The molecule has 24 heavy (non-hydrogen) atoms. The normalized spacial score (nSPS) is 9.75. The highest BCUT2D eigenvalue weighted by atomic mass is 16.5. The second kappa shape index (κ2) is 8.69. The molecule has 0 heterocycles. The van der Waals surface area contributed by atoms with Crippen LogP contribution in [0.25, 0.3) is 0 Å². The molecule has 0 saturated heterocycles. The first-order chi connectivity index (χ1) is 11.6. The molecule has 2 rings (SSSR count). The molecule has 2 aromatic carbocycles. The lowest BCUT2D eigenvalue weighted by Gasteiger charge is -2.01. The van der Waals surface area contributed by atoms with Crippen LogP contribution in [0.15, 0.2) is 48.5 Å². The van der Waals surface area contributed by atoms with Gasteiger partial charge in [0.2, 0.25) is 0 Å². The van der Waals surface area contributed by atoms with E-state index in [4.69, 9.17) is 4.74 Å². The van der Waals surface area contributed by atoms with Crippen LogP contribution in [0.1, 0.15) is 52.1 Å². The Morgan fingerprint density at radius 3 is 2.17 bits per heavy atom. The summed E-state index contributed by atoms with van der Waals surface area (Å²) < 4.78 is 4.94. The minimum Gasteiger partial charge on any atom is -0.462 e. The van der Waals surface area contributed by atoms with E-state index in [-0.39, 0.29) is 11.8 Å². The largest absolute Gasteiger partial charge is 0.462 e. The first kappa shape index (κ1) is 17.5. The summed E-state index contributed by atoms with van der Waals surface area (Å²) in [5, 5.41) is 0. The van der Waals surface area contributed by atoms with Gasteiger partial charge in [-0.15, -0.1) is 0 Å². The zero-order chi connectivity index (χ0) is 17.4. The van der Waals surface area contributed by atoms with Gasteiger partial charge in [0, 0.05) is 17.5 Å². The number of esters is 1. The van der Waals surface area contributed by atoms with Gasteiger partial charge in [-0.3, -0.25) is 4.79 Å². The maximum absolute atomic E-state index is 11.6. The lowest BCUT2D eigenvalue weighted by atomic mass is 10.1. The predicted molar refractivity (Wildman–Crippen MR) is 94.0 cm³/mol. The fourth-order valence-electron chi connectivity index (χ4n) is 2.18. The van der Waals surface area contributed by atoms with Gasteiger partial charge in [-0.1, -0.05) is 36.1 Å². The van der Waals surface area contributed by atoms with Crippen molar-refractivity contribution in [1.29, 1.82) is 0 Å². The van der Waals surface area contributed by atoms with E-state index in [2.05, 4.69) is 11.8 Å². The summed E-state index contributed by atoms with van der Waals surface area (Å²) in [6.07, 6.45) is 1.57. The summed E-state index contributed by atoms with van der Waals surface area (Å²) in [7, 11) is 0. The molecule has 0 aliphatic carbocycles. The Kier molecular flexibility index (Phi) is 6.33. The number of Topliss-reactive ketones (excluding diaryl/α,β-unsaturated/α-hetero) is 1. The van der Waals surface area contributed by atoms with Gasteiger partial charge in [0.1, 0.15) is 0 Å². The number of carbonyl (C=O) groups excluding carboxylic acids is 2. The molecule has 0 N–H and O–H groups in total. The van der Waals surface area contributed by atoms with E-state index in [1.165, 1.54) is 0 Å². The topological polar surface area (TPSA) is 43.4 Å². The fraction of sp³-hybridized carbons (Fsp3) is 0.238. The Bertz CT molecular complexity index is 759. The average Bonchev–Trinajstić information content (AvgIpc) is 2.60. The van der Waals surface area contributed by atoms with Gasteiger partial charge in [-0.2, -0.15) is 0 Å². The molecular formula is C21H20O3.